The second-order valence-corrected chi connectivity index (χ2v) is 10.2. The van der Waals surface area contributed by atoms with E-state index in [4.69, 9.17) is 9.47 Å². The molecule has 3 fully saturated rings. The Kier molecular flexibility index (Phi) is 6.17. The summed E-state index contributed by atoms with van der Waals surface area (Å²) in [5.41, 5.74) is -1.85. The van der Waals surface area contributed by atoms with Gasteiger partial charge in [-0.1, -0.05) is 31.4 Å². The van der Waals surface area contributed by atoms with Crippen molar-refractivity contribution in [3.8, 4) is 0 Å². The molecule has 1 aromatic rings. The van der Waals surface area contributed by atoms with E-state index in [-0.39, 0.29) is 31.0 Å². The van der Waals surface area contributed by atoms with Gasteiger partial charge in [-0.2, -0.15) is 0 Å². The number of carbonyl (C=O) groups is 3. The first kappa shape index (κ1) is 23.9. The molecule has 9 heteroatoms. The fourth-order valence-corrected chi connectivity index (χ4v) is 6.34. The largest absolute Gasteiger partial charge is 0.383 e. The molecule has 0 aromatic heterocycles. The Morgan fingerprint density at radius 2 is 1.86 bits per heavy atom. The molecule has 1 spiro atoms. The van der Waals surface area contributed by atoms with Crippen molar-refractivity contribution in [1.82, 2.24) is 10.2 Å². The van der Waals surface area contributed by atoms with E-state index in [2.05, 4.69) is 10.6 Å². The third-order valence-corrected chi connectivity index (χ3v) is 7.93. The van der Waals surface area contributed by atoms with Crippen LogP contribution < -0.4 is 10.6 Å². The summed E-state index contributed by atoms with van der Waals surface area (Å²) >= 11 is 0. The Labute approximate surface area is 204 Å². The third-order valence-electron chi connectivity index (χ3n) is 7.93. The number of hydrogen-bond donors (Lipinski definition) is 2. The van der Waals surface area contributed by atoms with Gasteiger partial charge in [0.05, 0.1) is 24.0 Å². The summed E-state index contributed by atoms with van der Waals surface area (Å²) in [5, 5.41) is 5.96. The van der Waals surface area contributed by atoms with Crippen LogP contribution in [0.5, 0.6) is 0 Å². The van der Waals surface area contributed by atoms with Crippen LogP contribution in [0.3, 0.4) is 0 Å². The highest BCUT2D eigenvalue weighted by Crippen LogP contribution is 2.59. The van der Waals surface area contributed by atoms with Crippen molar-refractivity contribution >= 4 is 23.4 Å². The monoisotopic (exact) mass is 485 g/mol. The Morgan fingerprint density at radius 3 is 2.54 bits per heavy atom. The molecule has 2 bridgehead atoms. The van der Waals surface area contributed by atoms with Crippen LogP contribution in [0.15, 0.2) is 36.4 Å². The lowest BCUT2D eigenvalue weighted by molar-refractivity contribution is -0.144. The summed E-state index contributed by atoms with van der Waals surface area (Å²) in [5.74, 6) is -3.05. The van der Waals surface area contributed by atoms with Crippen LogP contribution in [0.4, 0.5) is 10.1 Å². The lowest BCUT2D eigenvalue weighted by Crippen LogP contribution is -2.57. The number of halogens is 1. The summed E-state index contributed by atoms with van der Waals surface area (Å²) in [7, 11) is 1.54. The SMILES string of the molecule is COCCN1C(=O)[C@@H]2[C@@H](C(=O)Nc3ccc(F)cc3)[C@@]3(C)C=C[C@@]2(O3)[C@@H]1C(=O)NC1CCCCC1. The number of rotatable bonds is 7. The van der Waals surface area contributed by atoms with Gasteiger partial charge < -0.3 is 25.0 Å². The molecule has 0 unspecified atom stereocenters. The maximum atomic E-state index is 13.8. The van der Waals surface area contributed by atoms with E-state index in [0.29, 0.717) is 5.69 Å². The van der Waals surface area contributed by atoms with E-state index in [0.717, 1.165) is 32.1 Å². The van der Waals surface area contributed by atoms with Crippen molar-refractivity contribution in [2.45, 2.75) is 62.3 Å². The summed E-state index contributed by atoms with van der Waals surface area (Å²) < 4.78 is 25.0. The van der Waals surface area contributed by atoms with E-state index in [1.807, 2.05) is 0 Å². The van der Waals surface area contributed by atoms with Crippen LogP contribution in [-0.2, 0) is 23.9 Å². The maximum Gasteiger partial charge on any atom is 0.246 e. The number of methoxy groups -OCH3 is 1. The van der Waals surface area contributed by atoms with E-state index in [1.54, 1.807) is 26.2 Å². The number of nitrogens with one attached hydrogen (secondary N) is 2. The Hall–Kier alpha value is -2.78. The molecular weight excluding hydrogens is 453 g/mol. The maximum absolute atomic E-state index is 13.8. The van der Waals surface area contributed by atoms with Crippen LogP contribution >= 0.6 is 0 Å². The van der Waals surface area contributed by atoms with Crippen LogP contribution in [0, 0.1) is 17.7 Å². The van der Waals surface area contributed by atoms with Crippen LogP contribution in [0.2, 0.25) is 0 Å². The molecule has 0 radical (unpaired) electrons. The lowest BCUT2D eigenvalue weighted by atomic mass is 9.70. The molecule has 5 atom stereocenters. The number of ether oxygens (including phenoxy) is 2. The molecule has 4 aliphatic rings. The van der Waals surface area contributed by atoms with Gasteiger partial charge >= 0.3 is 0 Å². The molecule has 2 saturated heterocycles. The Morgan fingerprint density at radius 1 is 1.14 bits per heavy atom. The zero-order valence-electron chi connectivity index (χ0n) is 20.1. The average Bonchev–Trinajstić information content (AvgIpc) is 3.40. The van der Waals surface area contributed by atoms with Gasteiger partial charge in [0.15, 0.2) is 0 Å². The topological polar surface area (TPSA) is 97.0 Å². The quantitative estimate of drug-likeness (QED) is 0.578. The molecule has 8 nitrogen and oxygen atoms in total. The zero-order valence-corrected chi connectivity index (χ0v) is 20.1. The minimum absolute atomic E-state index is 0.0711. The Balaban J connectivity index is 1.45. The van der Waals surface area contributed by atoms with E-state index in [1.165, 1.54) is 29.2 Å². The molecule has 5 rings (SSSR count). The second kappa shape index (κ2) is 9.02. The van der Waals surface area contributed by atoms with Gasteiger partial charge in [0.25, 0.3) is 0 Å². The highest BCUT2D eigenvalue weighted by atomic mass is 19.1. The van der Waals surface area contributed by atoms with Gasteiger partial charge in [0, 0.05) is 25.4 Å². The first-order valence-corrected chi connectivity index (χ1v) is 12.4. The van der Waals surface area contributed by atoms with Crippen LogP contribution in [0.25, 0.3) is 0 Å². The summed E-state index contributed by atoms with van der Waals surface area (Å²) in [6, 6.07) is 4.64. The minimum atomic E-state index is -1.23. The fourth-order valence-electron chi connectivity index (χ4n) is 6.34. The summed E-state index contributed by atoms with van der Waals surface area (Å²) in [6.45, 7) is 2.25. The highest BCUT2D eigenvalue weighted by molar-refractivity contribution is 6.03. The molecule has 188 valence electrons. The smallest absolute Gasteiger partial charge is 0.246 e. The third kappa shape index (κ3) is 3.94. The van der Waals surface area contributed by atoms with Crippen molar-refractivity contribution in [3.05, 3.63) is 42.2 Å². The molecule has 1 saturated carbocycles. The van der Waals surface area contributed by atoms with E-state index < -0.39 is 40.8 Å². The van der Waals surface area contributed by atoms with Gasteiger partial charge in [-0.3, -0.25) is 14.4 Å². The molecule has 1 aromatic carbocycles. The summed E-state index contributed by atoms with van der Waals surface area (Å²) in [6.07, 6.45) is 8.72. The molecule has 3 aliphatic heterocycles. The predicted molar refractivity (Wildman–Crippen MR) is 126 cm³/mol. The zero-order chi connectivity index (χ0) is 24.8. The Bertz CT molecular complexity index is 1040. The number of fused-ring (bicyclic) bond motifs is 1. The minimum Gasteiger partial charge on any atom is -0.383 e. The normalized spacial score (nSPS) is 33.7. The molecule has 3 heterocycles. The number of nitrogens with zero attached hydrogens (tertiary/aromatic N) is 1. The van der Waals surface area contributed by atoms with Crippen LogP contribution in [-0.4, -0.2) is 66.2 Å². The number of carbonyl (C=O) groups excluding carboxylic acids is 3. The van der Waals surface area contributed by atoms with Gasteiger partial charge in [-0.25, -0.2) is 4.39 Å². The first-order chi connectivity index (χ1) is 16.8. The van der Waals surface area contributed by atoms with Gasteiger partial charge in [-0.05, 0) is 44.0 Å². The highest BCUT2D eigenvalue weighted by Gasteiger charge is 2.76. The van der Waals surface area contributed by atoms with Crippen LogP contribution in [0.1, 0.15) is 39.0 Å². The number of hydrogen-bond acceptors (Lipinski definition) is 5. The van der Waals surface area contributed by atoms with Crippen molar-refractivity contribution in [2.24, 2.45) is 11.8 Å². The first-order valence-electron chi connectivity index (χ1n) is 12.4. The van der Waals surface area contributed by atoms with E-state index >= 15 is 0 Å². The van der Waals surface area contributed by atoms with Crippen molar-refractivity contribution in [1.29, 1.82) is 0 Å². The number of benzene rings is 1. The molecule has 2 N–H and O–H groups in total. The van der Waals surface area contributed by atoms with Crippen molar-refractivity contribution < 1.29 is 28.2 Å². The number of likely N-dealkylation sites (tertiary alicyclic amines) is 1. The average molecular weight is 486 g/mol. The van der Waals surface area contributed by atoms with Gasteiger partial charge in [0.2, 0.25) is 17.7 Å². The molecule has 1 aliphatic carbocycles. The fraction of sp³-hybridized carbons (Fsp3) is 0.577. The standard InChI is InChI=1S/C26H32FN3O5/c1-25-12-13-26(35-25)20(19(25)22(31)28-18-10-8-16(27)9-11-18)24(33)30(14-15-34-2)21(26)23(32)29-17-6-4-3-5-7-17/h8-13,17,19-21H,3-7,14-15H2,1-2H3,(H,28,31)(H,29,32)/t19-,20-,21-,25+,26-/m0/s1. The van der Waals surface area contributed by atoms with Crippen molar-refractivity contribution in [3.63, 3.8) is 0 Å². The lowest BCUT2D eigenvalue weighted by Gasteiger charge is -2.34. The van der Waals surface area contributed by atoms with Gasteiger partial charge in [0.1, 0.15) is 17.5 Å². The summed E-state index contributed by atoms with van der Waals surface area (Å²) in [4.78, 5) is 42.4. The second-order valence-electron chi connectivity index (χ2n) is 10.2. The molecule has 35 heavy (non-hydrogen) atoms. The van der Waals surface area contributed by atoms with E-state index in [9.17, 15) is 18.8 Å². The number of amides is 3. The molecule has 3 amide bonds. The van der Waals surface area contributed by atoms with Gasteiger partial charge in [-0.15, -0.1) is 0 Å². The molecular formula is C26H32FN3O5. The predicted octanol–water partition coefficient (Wildman–Crippen LogP) is 2.40. The van der Waals surface area contributed by atoms with Crippen molar-refractivity contribution in [2.75, 3.05) is 25.6 Å². The number of anilines is 1.